The zero-order valence-corrected chi connectivity index (χ0v) is 22.9. The summed E-state index contributed by atoms with van der Waals surface area (Å²) < 4.78 is 46.0. The van der Waals surface area contributed by atoms with E-state index in [0.717, 1.165) is 50.3 Å². The minimum atomic E-state index is -4.69. The first kappa shape index (κ1) is 29.6. The number of likely N-dealkylation sites (tertiary alicyclic amines) is 1. The number of amides is 1. The summed E-state index contributed by atoms with van der Waals surface area (Å²) >= 11 is 0. The van der Waals surface area contributed by atoms with Crippen molar-refractivity contribution >= 4 is 17.7 Å². The lowest BCUT2D eigenvalue weighted by atomic mass is 9.69. The zero-order chi connectivity index (χ0) is 29.1. The van der Waals surface area contributed by atoms with Crippen LogP contribution in [0.4, 0.5) is 13.2 Å². The van der Waals surface area contributed by atoms with Crippen molar-refractivity contribution in [3.05, 3.63) is 65.2 Å². The van der Waals surface area contributed by atoms with Gasteiger partial charge in [0.05, 0.1) is 24.3 Å². The van der Waals surface area contributed by atoms with Crippen LogP contribution in [0.1, 0.15) is 92.2 Å². The fourth-order valence-corrected chi connectivity index (χ4v) is 6.52. The number of aliphatic carboxylic acids is 1. The van der Waals surface area contributed by atoms with Gasteiger partial charge >= 0.3 is 12.1 Å². The van der Waals surface area contributed by atoms with Gasteiger partial charge in [-0.05, 0) is 49.4 Å². The Bertz CT molecular complexity index is 1220. The molecule has 3 unspecified atom stereocenters. The van der Waals surface area contributed by atoms with Crippen LogP contribution in [0.3, 0.4) is 0 Å². The van der Waals surface area contributed by atoms with Crippen molar-refractivity contribution in [2.75, 3.05) is 7.11 Å². The summed E-state index contributed by atoms with van der Waals surface area (Å²) in [6, 6.07) is 9.20. The third kappa shape index (κ3) is 5.74. The van der Waals surface area contributed by atoms with Crippen molar-refractivity contribution in [1.82, 2.24) is 4.90 Å². The molecular formula is C31H36F3NO5. The Kier molecular flexibility index (Phi) is 8.90. The second-order valence-electron chi connectivity index (χ2n) is 11.0. The Morgan fingerprint density at radius 1 is 1.05 bits per heavy atom. The van der Waals surface area contributed by atoms with Gasteiger partial charge in [-0.3, -0.25) is 9.59 Å². The number of carbonyl (C=O) groups is 3. The molecule has 40 heavy (non-hydrogen) atoms. The predicted octanol–water partition coefficient (Wildman–Crippen LogP) is 7.08. The molecule has 1 N–H and O–H groups in total. The second-order valence-corrected chi connectivity index (χ2v) is 11.0. The monoisotopic (exact) mass is 559 g/mol. The largest absolute Gasteiger partial charge is 0.496 e. The average Bonchev–Trinajstić information content (AvgIpc) is 3.36. The maximum Gasteiger partial charge on any atom is 0.416 e. The Hall–Kier alpha value is -3.36. The number of hydrogen-bond donors (Lipinski definition) is 1. The summed E-state index contributed by atoms with van der Waals surface area (Å²) in [6.07, 6.45) is 1.47. The highest BCUT2D eigenvalue weighted by molar-refractivity contribution is 6.02. The Balaban J connectivity index is 1.85. The van der Waals surface area contributed by atoms with Crippen LogP contribution in [0.25, 0.3) is 0 Å². The predicted molar refractivity (Wildman–Crippen MR) is 143 cm³/mol. The van der Waals surface area contributed by atoms with E-state index in [4.69, 9.17) is 4.74 Å². The van der Waals surface area contributed by atoms with Crippen molar-refractivity contribution in [2.24, 2.45) is 11.3 Å². The normalized spacial score (nSPS) is 22.6. The molecule has 0 bridgehead atoms. The number of halogens is 3. The topological polar surface area (TPSA) is 83.9 Å². The number of carboxylic acid groups (broad SMARTS) is 1. The quantitative estimate of drug-likeness (QED) is 0.332. The molecule has 1 saturated carbocycles. The number of ketones is 1. The molecule has 2 aromatic carbocycles. The van der Waals surface area contributed by atoms with Crippen LogP contribution in [0.2, 0.25) is 0 Å². The van der Waals surface area contributed by atoms with E-state index in [0.29, 0.717) is 24.8 Å². The first-order valence-corrected chi connectivity index (χ1v) is 13.9. The highest BCUT2D eigenvalue weighted by Gasteiger charge is 2.55. The number of carboxylic acids is 1. The molecule has 0 spiro atoms. The molecule has 2 aromatic rings. The maximum absolute atomic E-state index is 14.5. The lowest BCUT2D eigenvalue weighted by Crippen LogP contribution is -2.50. The van der Waals surface area contributed by atoms with E-state index in [1.54, 1.807) is 30.3 Å². The molecule has 1 saturated heterocycles. The molecule has 4 rings (SSSR count). The van der Waals surface area contributed by atoms with Gasteiger partial charge in [0.15, 0.2) is 5.78 Å². The number of unbranched alkanes of at least 4 members (excludes halogenated alkanes) is 1. The lowest BCUT2D eigenvalue weighted by molar-refractivity contribution is -0.157. The number of hydrogen-bond acceptors (Lipinski definition) is 4. The van der Waals surface area contributed by atoms with Crippen molar-refractivity contribution in [3.8, 4) is 5.75 Å². The third-order valence-corrected chi connectivity index (χ3v) is 8.56. The fourth-order valence-electron chi connectivity index (χ4n) is 6.52. The molecule has 1 aliphatic carbocycles. The van der Waals surface area contributed by atoms with E-state index in [1.807, 2.05) is 6.92 Å². The van der Waals surface area contributed by atoms with Gasteiger partial charge in [0.1, 0.15) is 11.8 Å². The van der Waals surface area contributed by atoms with Crippen LogP contribution in [-0.2, 0) is 15.8 Å². The van der Waals surface area contributed by atoms with Crippen molar-refractivity contribution in [3.63, 3.8) is 0 Å². The van der Waals surface area contributed by atoms with Crippen LogP contribution < -0.4 is 4.74 Å². The number of nitrogens with zero attached hydrogens (tertiary/aromatic N) is 1. The minimum absolute atomic E-state index is 0.0341. The number of carbonyl (C=O) groups excluding carboxylic acids is 2. The van der Waals surface area contributed by atoms with Gasteiger partial charge < -0.3 is 14.7 Å². The van der Waals surface area contributed by atoms with Gasteiger partial charge in [-0.1, -0.05) is 69.4 Å². The molecule has 0 aromatic heterocycles. The molecule has 1 amide bonds. The number of alkyl halides is 3. The first-order chi connectivity index (χ1) is 19.0. The van der Waals surface area contributed by atoms with Gasteiger partial charge in [0.25, 0.3) is 0 Å². The number of methoxy groups -OCH3 is 1. The highest BCUT2D eigenvalue weighted by Crippen LogP contribution is 2.50. The number of benzene rings is 2. The van der Waals surface area contributed by atoms with E-state index < -0.39 is 46.9 Å². The Morgan fingerprint density at radius 3 is 2.30 bits per heavy atom. The van der Waals surface area contributed by atoms with Gasteiger partial charge in [-0.25, -0.2) is 4.79 Å². The summed E-state index contributed by atoms with van der Waals surface area (Å²) in [4.78, 5) is 42.6. The molecule has 2 aliphatic rings. The summed E-state index contributed by atoms with van der Waals surface area (Å²) in [5.41, 5.74) is -1.43. The Morgan fingerprint density at radius 2 is 1.73 bits per heavy atom. The van der Waals surface area contributed by atoms with Crippen LogP contribution >= 0.6 is 0 Å². The van der Waals surface area contributed by atoms with Gasteiger partial charge in [-0.15, -0.1) is 0 Å². The van der Waals surface area contributed by atoms with Gasteiger partial charge in [-0.2, -0.15) is 13.2 Å². The lowest BCUT2D eigenvalue weighted by Gasteiger charge is -2.42. The number of ether oxygens (including phenoxy) is 1. The van der Waals surface area contributed by atoms with Crippen LogP contribution in [0, 0.1) is 11.3 Å². The molecule has 216 valence electrons. The molecule has 2 fully saturated rings. The van der Waals surface area contributed by atoms with E-state index in [9.17, 15) is 32.7 Å². The summed E-state index contributed by atoms with van der Waals surface area (Å²) in [5.74, 6) is -3.29. The summed E-state index contributed by atoms with van der Waals surface area (Å²) in [5, 5.41) is 10.3. The van der Waals surface area contributed by atoms with Gasteiger partial charge in [0.2, 0.25) is 5.91 Å². The maximum atomic E-state index is 14.5. The van der Waals surface area contributed by atoms with Crippen molar-refractivity contribution < 1.29 is 37.4 Å². The van der Waals surface area contributed by atoms with Crippen LogP contribution in [-0.4, -0.2) is 40.8 Å². The fraction of sp³-hybridized carbons (Fsp3) is 0.516. The molecule has 9 heteroatoms. The average molecular weight is 560 g/mol. The molecular weight excluding hydrogens is 523 g/mol. The first-order valence-electron chi connectivity index (χ1n) is 13.9. The van der Waals surface area contributed by atoms with E-state index >= 15 is 0 Å². The molecule has 1 heterocycles. The Labute approximate surface area is 232 Å². The van der Waals surface area contributed by atoms with Gasteiger partial charge in [0, 0.05) is 11.3 Å². The number of rotatable bonds is 9. The number of Topliss-reactive ketones (excluding diaryl/α,β-unsaturated/α-hetero) is 1. The molecule has 0 radical (unpaired) electrons. The van der Waals surface area contributed by atoms with Crippen LogP contribution in [0.5, 0.6) is 5.75 Å². The zero-order valence-electron chi connectivity index (χ0n) is 22.9. The minimum Gasteiger partial charge on any atom is -0.496 e. The van der Waals surface area contributed by atoms with E-state index in [-0.39, 0.29) is 23.6 Å². The summed E-state index contributed by atoms with van der Waals surface area (Å²) in [6.45, 7) is 2.04. The standard InChI is InChI=1S/C31H36F3NO5/c1-3-4-15-30(16-9-6-10-17-30)29(39)35-24(28(37)38)19-23(26(35)20-11-7-5-8-12-20)27(36)22-18-21(31(32,33)34)13-14-25(22)40-2/h5,7-8,11-14,18,23-24,26H,3-4,6,9-10,15-17,19H2,1-2H3,(H,37,38). The smallest absolute Gasteiger partial charge is 0.416 e. The van der Waals surface area contributed by atoms with Crippen molar-refractivity contribution in [1.29, 1.82) is 0 Å². The molecule has 3 atom stereocenters. The molecule has 1 aliphatic heterocycles. The van der Waals surface area contributed by atoms with Crippen molar-refractivity contribution in [2.45, 2.75) is 83.0 Å². The van der Waals surface area contributed by atoms with E-state index in [1.165, 1.54) is 12.0 Å². The summed E-state index contributed by atoms with van der Waals surface area (Å²) in [7, 11) is 1.26. The second kappa shape index (κ2) is 12.0. The van der Waals surface area contributed by atoms with E-state index in [2.05, 4.69) is 0 Å². The SMILES string of the molecule is CCCCC1(C(=O)N2C(C(=O)O)CC(C(=O)c3cc(C(F)(F)F)ccc3OC)C2c2ccccc2)CCCCC1. The molecule has 6 nitrogen and oxygen atoms in total. The highest BCUT2D eigenvalue weighted by atomic mass is 19.4. The van der Waals surface area contributed by atoms with Crippen LogP contribution in [0.15, 0.2) is 48.5 Å². The third-order valence-electron chi connectivity index (χ3n) is 8.56.